The van der Waals surface area contributed by atoms with Gasteiger partial charge < -0.3 is 14.8 Å². The van der Waals surface area contributed by atoms with E-state index < -0.39 is 22.2 Å². The quantitative estimate of drug-likeness (QED) is 0.519. The van der Waals surface area contributed by atoms with Crippen molar-refractivity contribution in [1.29, 1.82) is 0 Å². The van der Waals surface area contributed by atoms with Crippen LogP contribution in [-0.4, -0.2) is 32.7 Å². The summed E-state index contributed by atoms with van der Waals surface area (Å²) in [6.07, 6.45) is 0. The van der Waals surface area contributed by atoms with Gasteiger partial charge in [0.2, 0.25) is 0 Å². The number of hydrogen-bond acceptors (Lipinski definition) is 5. The van der Waals surface area contributed by atoms with E-state index in [2.05, 4.69) is 4.74 Å². The average Bonchev–Trinajstić information content (AvgIpc) is 2.15. The molecular weight excluding hydrogens is 226 g/mol. The van der Waals surface area contributed by atoms with Gasteiger partial charge in [0.25, 0.3) is 0 Å². The molecule has 1 aromatic rings. The summed E-state index contributed by atoms with van der Waals surface area (Å²) in [4.78, 5) is -0.726. The summed E-state index contributed by atoms with van der Waals surface area (Å²) in [5.41, 5.74) is -0.132. The fourth-order valence-electron chi connectivity index (χ4n) is 1.04. The lowest BCUT2D eigenvalue weighted by Crippen LogP contribution is -2.30. The van der Waals surface area contributed by atoms with Crippen LogP contribution in [0.2, 0.25) is 0 Å². The van der Waals surface area contributed by atoms with Gasteiger partial charge in [-0.1, -0.05) is 6.07 Å². The van der Waals surface area contributed by atoms with Gasteiger partial charge in [-0.25, -0.2) is 0 Å². The molecule has 0 aliphatic carbocycles. The highest BCUT2D eigenvalue weighted by Gasteiger charge is 2.22. The summed E-state index contributed by atoms with van der Waals surface area (Å²) >= 11 is 0. The van der Waals surface area contributed by atoms with E-state index in [-0.39, 0.29) is 11.2 Å². The number of ether oxygens (including phenoxy) is 1. The predicted octanol–water partition coefficient (Wildman–Crippen LogP) is -0.967. The molecule has 0 aliphatic heterocycles. The van der Waals surface area contributed by atoms with Crippen LogP contribution >= 0.6 is 0 Å². The smallest absolute Gasteiger partial charge is 0.488 e. The first-order valence-corrected chi connectivity index (χ1v) is 5.23. The molecule has 8 heteroatoms. The van der Waals surface area contributed by atoms with E-state index in [1.54, 1.807) is 0 Å². The number of hydrogen-bond donors (Lipinski definition) is 2. The molecule has 0 unspecified atom stereocenters. The molecule has 0 aliphatic rings. The largest absolute Gasteiger partial charge is 0.495 e. The summed E-state index contributed by atoms with van der Waals surface area (Å²) in [6, 6.07) is 3.16. The third-order valence-corrected chi connectivity index (χ3v) is 2.59. The molecule has 1 aromatic carbocycles. The van der Waals surface area contributed by atoms with Gasteiger partial charge in [0.05, 0.1) is 7.11 Å². The molecule has 0 spiro atoms. The Labute approximate surface area is 86.5 Å². The third-order valence-electron chi connectivity index (χ3n) is 1.75. The topological polar surface area (TPSA) is 83.8 Å². The average molecular weight is 234 g/mol. The van der Waals surface area contributed by atoms with Crippen LogP contribution < -0.4 is 10.2 Å². The van der Waals surface area contributed by atoms with Crippen LogP contribution in [0.4, 0.5) is 3.89 Å². The van der Waals surface area contributed by atoms with Gasteiger partial charge in [0.15, 0.2) is 0 Å². The molecule has 82 valence electrons. The van der Waals surface area contributed by atoms with Gasteiger partial charge in [-0.2, -0.15) is 8.42 Å². The number of benzene rings is 1. The van der Waals surface area contributed by atoms with Gasteiger partial charge >= 0.3 is 17.3 Å². The van der Waals surface area contributed by atoms with Gasteiger partial charge in [0.1, 0.15) is 10.6 Å². The lowest BCUT2D eigenvalue weighted by atomic mass is 9.80. The first-order valence-electron chi connectivity index (χ1n) is 3.85. The van der Waals surface area contributed by atoms with Crippen molar-refractivity contribution < 1.29 is 27.1 Å². The monoisotopic (exact) mass is 234 g/mol. The summed E-state index contributed by atoms with van der Waals surface area (Å²) in [7, 11) is -5.63. The number of halogens is 1. The Bertz CT molecular complexity index is 458. The lowest BCUT2D eigenvalue weighted by Gasteiger charge is -2.06. The number of methoxy groups -OCH3 is 1. The normalized spacial score (nSPS) is 11.2. The second-order valence-electron chi connectivity index (χ2n) is 2.72. The molecule has 0 heterocycles. The van der Waals surface area contributed by atoms with Crippen molar-refractivity contribution in [3.63, 3.8) is 0 Å². The fourth-order valence-corrected chi connectivity index (χ4v) is 1.71. The molecule has 0 saturated heterocycles. The number of rotatable bonds is 3. The maximum atomic E-state index is 12.7. The minimum atomic E-state index is -4.95. The SMILES string of the molecule is COc1ccc(B(O)O)cc1S(=O)(=O)F. The van der Waals surface area contributed by atoms with E-state index >= 15 is 0 Å². The molecule has 0 fully saturated rings. The maximum Gasteiger partial charge on any atom is 0.488 e. The zero-order valence-electron chi connectivity index (χ0n) is 7.71. The molecule has 2 N–H and O–H groups in total. The minimum absolute atomic E-state index is 0.132. The van der Waals surface area contributed by atoms with Crippen molar-refractivity contribution in [2.24, 2.45) is 0 Å². The summed E-state index contributed by atoms with van der Waals surface area (Å²) in [5.74, 6) is -0.193. The van der Waals surface area contributed by atoms with E-state index in [0.717, 1.165) is 12.1 Å². The lowest BCUT2D eigenvalue weighted by molar-refractivity contribution is 0.401. The zero-order valence-corrected chi connectivity index (χ0v) is 8.53. The Hall–Kier alpha value is -1.12. The highest BCUT2D eigenvalue weighted by atomic mass is 32.3. The van der Waals surface area contributed by atoms with Gasteiger partial charge in [-0.3, -0.25) is 0 Å². The van der Waals surface area contributed by atoms with Crippen molar-refractivity contribution in [3.8, 4) is 5.75 Å². The van der Waals surface area contributed by atoms with Gasteiger partial charge in [0, 0.05) is 0 Å². The molecule has 0 saturated carbocycles. The van der Waals surface area contributed by atoms with E-state index in [0.29, 0.717) is 0 Å². The molecule has 15 heavy (non-hydrogen) atoms. The fraction of sp³-hybridized carbons (Fsp3) is 0.143. The summed E-state index contributed by atoms with van der Waals surface area (Å²) < 4.78 is 38.7. The standard InChI is InChI=1S/C7H8BFO5S/c1-14-6-3-2-5(8(10)11)4-7(6)15(9,12)13/h2-4,10-11H,1H3. The van der Waals surface area contributed by atoms with E-state index in [1.807, 2.05) is 0 Å². The molecule has 5 nitrogen and oxygen atoms in total. The third kappa shape index (κ3) is 2.68. The highest BCUT2D eigenvalue weighted by molar-refractivity contribution is 7.86. The molecule has 0 atom stereocenters. The van der Waals surface area contributed by atoms with Crippen molar-refractivity contribution in [2.45, 2.75) is 4.90 Å². The van der Waals surface area contributed by atoms with Crippen molar-refractivity contribution in [3.05, 3.63) is 18.2 Å². The van der Waals surface area contributed by atoms with Crippen LogP contribution in [0.1, 0.15) is 0 Å². The first kappa shape index (κ1) is 12.0. The van der Waals surface area contributed by atoms with E-state index in [9.17, 15) is 12.3 Å². The Balaban J connectivity index is 3.39. The summed E-state index contributed by atoms with van der Waals surface area (Å²) in [5, 5.41) is 17.5. The Morgan fingerprint density at radius 2 is 2.00 bits per heavy atom. The predicted molar refractivity (Wildman–Crippen MR) is 51.1 cm³/mol. The van der Waals surface area contributed by atoms with Gasteiger partial charge in [-0.05, 0) is 17.6 Å². The van der Waals surface area contributed by atoms with Crippen molar-refractivity contribution >= 4 is 22.8 Å². The van der Waals surface area contributed by atoms with Crippen LogP contribution in [0.5, 0.6) is 5.75 Å². The Kier molecular flexibility index (Phi) is 3.33. The second kappa shape index (κ2) is 4.17. The van der Waals surface area contributed by atoms with Crippen LogP contribution in [0, 0.1) is 0 Å². The zero-order chi connectivity index (χ0) is 11.6. The van der Waals surface area contributed by atoms with E-state index in [1.165, 1.54) is 13.2 Å². The molecule has 0 amide bonds. The Morgan fingerprint density at radius 1 is 1.40 bits per heavy atom. The van der Waals surface area contributed by atoms with Crippen LogP contribution in [0.15, 0.2) is 23.1 Å². The van der Waals surface area contributed by atoms with Gasteiger partial charge in [-0.15, -0.1) is 3.89 Å². The van der Waals surface area contributed by atoms with Crippen LogP contribution in [0.25, 0.3) is 0 Å². The van der Waals surface area contributed by atoms with Crippen LogP contribution in [-0.2, 0) is 10.2 Å². The second-order valence-corrected chi connectivity index (χ2v) is 4.04. The first-order chi connectivity index (χ1) is 6.86. The molecule has 0 radical (unpaired) electrons. The van der Waals surface area contributed by atoms with Crippen molar-refractivity contribution in [2.75, 3.05) is 7.11 Å². The van der Waals surface area contributed by atoms with Crippen LogP contribution in [0.3, 0.4) is 0 Å². The Morgan fingerprint density at radius 3 is 2.40 bits per heavy atom. The molecule has 1 rings (SSSR count). The molecular formula is C7H8BFO5S. The highest BCUT2D eigenvalue weighted by Crippen LogP contribution is 2.23. The molecule has 0 bridgehead atoms. The summed E-state index contributed by atoms with van der Waals surface area (Å²) in [6.45, 7) is 0. The van der Waals surface area contributed by atoms with Crippen molar-refractivity contribution in [1.82, 2.24) is 0 Å². The maximum absolute atomic E-state index is 12.7. The molecule has 0 aromatic heterocycles. The minimum Gasteiger partial charge on any atom is -0.495 e. The van der Waals surface area contributed by atoms with E-state index in [4.69, 9.17) is 10.0 Å².